The largest absolute Gasteiger partial charge is 0.362 e. The molecule has 5 aliphatic rings. The van der Waals surface area contributed by atoms with Crippen LogP contribution in [0.15, 0.2) is 24.3 Å². The highest BCUT2D eigenvalue weighted by Gasteiger charge is 2.55. The fraction of sp³-hybridized carbons (Fsp3) is 0.579. The predicted octanol–water partition coefficient (Wildman–Crippen LogP) is 2.25. The average molecular weight is 325 g/mol. The third kappa shape index (κ3) is 2.14. The van der Waals surface area contributed by atoms with Crippen LogP contribution >= 0.6 is 0 Å². The van der Waals surface area contributed by atoms with Gasteiger partial charge in [-0.3, -0.25) is 9.59 Å². The topological polar surface area (TPSA) is 70.2 Å². The second-order valence-electron chi connectivity index (χ2n) is 7.96. The number of carbonyl (C=O) groups is 2. The summed E-state index contributed by atoms with van der Waals surface area (Å²) in [5, 5.41) is 10.1. The second kappa shape index (κ2) is 4.98. The highest BCUT2D eigenvalue weighted by atomic mass is 16.2. The van der Waals surface area contributed by atoms with Gasteiger partial charge in [-0.2, -0.15) is 0 Å². The minimum absolute atomic E-state index is 0.0101. The number of para-hydroxylation sites is 1. The van der Waals surface area contributed by atoms with Crippen LogP contribution in [0.5, 0.6) is 0 Å². The SMILES string of the molecule is O=C1N[C@@]2(C[C@H]3CC[C@H]2C[C@H]3C(=O)NC2CC2)Nc2ccccc21. The normalized spacial score (nSPS) is 36.7. The first-order valence-electron chi connectivity index (χ1n) is 9.15. The number of anilines is 1. The molecule has 126 valence electrons. The van der Waals surface area contributed by atoms with Crippen molar-refractivity contribution in [3.8, 4) is 0 Å². The Morgan fingerprint density at radius 2 is 1.96 bits per heavy atom. The lowest BCUT2D eigenvalue weighted by molar-refractivity contribution is -0.132. The summed E-state index contributed by atoms with van der Waals surface area (Å²) < 4.78 is 0. The Kier molecular flexibility index (Phi) is 2.97. The molecule has 1 spiro atoms. The second-order valence-corrected chi connectivity index (χ2v) is 7.96. The van der Waals surface area contributed by atoms with E-state index in [4.69, 9.17) is 0 Å². The molecule has 2 amide bonds. The van der Waals surface area contributed by atoms with E-state index in [1.807, 2.05) is 24.3 Å². The highest BCUT2D eigenvalue weighted by Crippen LogP contribution is 2.51. The Morgan fingerprint density at radius 3 is 2.71 bits per heavy atom. The van der Waals surface area contributed by atoms with E-state index in [0.717, 1.165) is 44.2 Å². The van der Waals surface area contributed by atoms with E-state index in [2.05, 4.69) is 16.0 Å². The number of fused-ring (bicyclic) bond motifs is 3. The van der Waals surface area contributed by atoms with Gasteiger partial charge in [0.15, 0.2) is 0 Å². The van der Waals surface area contributed by atoms with Crippen LogP contribution in [-0.4, -0.2) is 23.5 Å². The van der Waals surface area contributed by atoms with Gasteiger partial charge in [0.1, 0.15) is 5.66 Å². The van der Waals surface area contributed by atoms with Gasteiger partial charge in [-0.15, -0.1) is 0 Å². The lowest BCUT2D eigenvalue weighted by atomic mass is 9.58. The number of amides is 2. The van der Waals surface area contributed by atoms with Gasteiger partial charge >= 0.3 is 0 Å². The van der Waals surface area contributed by atoms with Crippen molar-refractivity contribution in [3.63, 3.8) is 0 Å². The molecule has 0 unspecified atom stereocenters. The summed E-state index contributed by atoms with van der Waals surface area (Å²) in [6.45, 7) is 0. The van der Waals surface area contributed by atoms with E-state index < -0.39 is 0 Å². The Hall–Kier alpha value is -2.04. The lowest BCUT2D eigenvalue weighted by Crippen LogP contribution is -2.68. The minimum Gasteiger partial charge on any atom is -0.362 e. The smallest absolute Gasteiger partial charge is 0.255 e. The van der Waals surface area contributed by atoms with E-state index in [0.29, 0.717) is 23.4 Å². The first kappa shape index (κ1) is 14.3. The van der Waals surface area contributed by atoms with Crippen LogP contribution in [0.1, 0.15) is 48.9 Å². The van der Waals surface area contributed by atoms with Gasteiger partial charge in [-0.05, 0) is 56.6 Å². The summed E-state index contributed by atoms with van der Waals surface area (Å²) >= 11 is 0. The number of benzene rings is 1. The summed E-state index contributed by atoms with van der Waals surface area (Å²) in [5.74, 6) is 1.04. The van der Waals surface area contributed by atoms with Gasteiger partial charge in [0.2, 0.25) is 5.91 Å². The fourth-order valence-electron chi connectivity index (χ4n) is 5.00. The maximum Gasteiger partial charge on any atom is 0.255 e. The molecule has 5 heteroatoms. The molecule has 24 heavy (non-hydrogen) atoms. The molecule has 0 aromatic heterocycles. The van der Waals surface area contributed by atoms with Crippen molar-refractivity contribution in [3.05, 3.63) is 29.8 Å². The maximum atomic E-state index is 12.6. The number of hydrogen-bond donors (Lipinski definition) is 3. The molecule has 3 N–H and O–H groups in total. The zero-order valence-electron chi connectivity index (χ0n) is 13.7. The fourth-order valence-corrected chi connectivity index (χ4v) is 5.00. The van der Waals surface area contributed by atoms with Crippen LogP contribution in [0.3, 0.4) is 0 Å². The first-order chi connectivity index (χ1) is 11.6. The van der Waals surface area contributed by atoms with Crippen LogP contribution in [0.4, 0.5) is 5.69 Å². The third-order valence-corrected chi connectivity index (χ3v) is 6.40. The zero-order valence-corrected chi connectivity index (χ0v) is 13.7. The van der Waals surface area contributed by atoms with Crippen LogP contribution in [0, 0.1) is 17.8 Å². The van der Waals surface area contributed by atoms with Gasteiger partial charge in [0, 0.05) is 23.6 Å². The van der Waals surface area contributed by atoms with E-state index in [1.54, 1.807) is 0 Å². The van der Waals surface area contributed by atoms with Crippen LogP contribution in [0.25, 0.3) is 0 Å². The van der Waals surface area contributed by atoms with Crippen molar-refractivity contribution in [1.29, 1.82) is 0 Å². The average Bonchev–Trinajstić information content (AvgIpc) is 3.39. The molecular weight excluding hydrogens is 302 g/mol. The predicted molar refractivity (Wildman–Crippen MR) is 90.4 cm³/mol. The number of hydrogen-bond acceptors (Lipinski definition) is 3. The standard InChI is InChI=1S/C19H23N3O2/c23-17(20-13-7-8-13)15-9-12-6-5-11(15)10-19(12)21-16-4-2-1-3-14(16)18(24)22-19/h1-4,11-13,15,21H,5-10H2,(H,20,23)(H,22,24)/t11-,12+,15-,19-/m1/s1. The Morgan fingerprint density at radius 1 is 1.12 bits per heavy atom. The van der Waals surface area contributed by atoms with Crippen molar-refractivity contribution >= 4 is 17.5 Å². The molecule has 4 saturated carbocycles. The summed E-state index contributed by atoms with van der Waals surface area (Å²) in [4.78, 5) is 25.1. The van der Waals surface area contributed by atoms with Crippen molar-refractivity contribution < 1.29 is 9.59 Å². The molecule has 1 aliphatic heterocycles. The molecule has 1 aromatic carbocycles. The van der Waals surface area contributed by atoms with E-state index in [9.17, 15) is 9.59 Å². The summed E-state index contributed by atoms with van der Waals surface area (Å²) in [5.41, 5.74) is 1.27. The van der Waals surface area contributed by atoms with Crippen molar-refractivity contribution in [2.45, 2.75) is 50.2 Å². The summed E-state index contributed by atoms with van der Waals surface area (Å²) in [7, 11) is 0. The Bertz CT molecular complexity index is 714. The Labute approximate surface area is 141 Å². The zero-order chi connectivity index (χ0) is 16.3. The van der Waals surface area contributed by atoms with Crippen molar-refractivity contribution in [2.75, 3.05) is 5.32 Å². The molecular formula is C19H23N3O2. The summed E-state index contributed by atoms with van der Waals surface area (Å²) in [6.07, 6.45) is 6.15. The molecule has 4 atom stereocenters. The lowest BCUT2D eigenvalue weighted by Gasteiger charge is -2.56. The molecule has 4 fully saturated rings. The quantitative estimate of drug-likeness (QED) is 0.781. The molecule has 4 aliphatic carbocycles. The van der Waals surface area contributed by atoms with Crippen molar-refractivity contribution in [1.82, 2.24) is 10.6 Å². The molecule has 0 saturated heterocycles. The maximum absolute atomic E-state index is 12.6. The molecule has 1 heterocycles. The van der Waals surface area contributed by atoms with Gasteiger partial charge in [-0.25, -0.2) is 0 Å². The van der Waals surface area contributed by atoms with Crippen LogP contribution in [-0.2, 0) is 4.79 Å². The van der Waals surface area contributed by atoms with Crippen molar-refractivity contribution in [2.24, 2.45) is 17.8 Å². The van der Waals surface area contributed by atoms with Crippen LogP contribution in [0.2, 0.25) is 0 Å². The molecule has 5 nitrogen and oxygen atoms in total. The number of carbonyl (C=O) groups excluding carboxylic acids is 2. The highest BCUT2D eigenvalue weighted by molar-refractivity contribution is 6.02. The van der Waals surface area contributed by atoms with Crippen LogP contribution < -0.4 is 16.0 Å². The van der Waals surface area contributed by atoms with E-state index >= 15 is 0 Å². The van der Waals surface area contributed by atoms with E-state index in [1.165, 1.54) is 0 Å². The number of nitrogens with one attached hydrogen (secondary N) is 3. The molecule has 2 bridgehead atoms. The van der Waals surface area contributed by atoms with Gasteiger partial charge < -0.3 is 16.0 Å². The van der Waals surface area contributed by atoms with Gasteiger partial charge in [0.05, 0.1) is 5.56 Å². The van der Waals surface area contributed by atoms with Gasteiger partial charge in [-0.1, -0.05) is 12.1 Å². The summed E-state index contributed by atoms with van der Waals surface area (Å²) in [6, 6.07) is 8.12. The monoisotopic (exact) mass is 325 g/mol. The van der Waals surface area contributed by atoms with E-state index in [-0.39, 0.29) is 23.4 Å². The molecule has 1 aromatic rings. The first-order valence-corrected chi connectivity index (χ1v) is 9.15. The third-order valence-electron chi connectivity index (χ3n) is 6.40. The van der Waals surface area contributed by atoms with Gasteiger partial charge in [0.25, 0.3) is 5.91 Å². The Balaban J connectivity index is 1.40. The number of rotatable bonds is 2. The molecule has 0 radical (unpaired) electrons. The molecule has 6 rings (SSSR count). The minimum atomic E-state index is -0.370.